The van der Waals surface area contributed by atoms with Crippen LogP contribution in [0.25, 0.3) is 0 Å². The molecule has 0 bridgehead atoms. The molecule has 0 saturated heterocycles. The summed E-state index contributed by atoms with van der Waals surface area (Å²) in [6, 6.07) is 3.88. The molecule has 2 nitrogen and oxygen atoms in total. The highest BCUT2D eigenvalue weighted by Crippen LogP contribution is 2.43. The maximum Gasteiger partial charge on any atom is 0.410 e. The summed E-state index contributed by atoms with van der Waals surface area (Å²) in [6.45, 7) is 1.67. The first-order valence-electron chi connectivity index (χ1n) is 4.29. The van der Waals surface area contributed by atoms with E-state index >= 15 is 0 Å². The fourth-order valence-electron chi connectivity index (χ4n) is 1.33. The van der Waals surface area contributed by atoms with Gasteiger partial charge in [0.2, 0.25) is 9.05 Å². The summed E-state index contributed by atoms with van der Waals surface area (Å²) < 4.78 is 60.2. The Morgan fingerprint density at radius 1 is 1.35 bits per heavy atom. The summed E-state index contributed by atoms with van der Waals surface area (Å²) in [5, 5.41) is -2.73. The first-order valence-corrected chi connectivity index (χ1v) is 7.46. The maximum absolute atomic E-state index is 12.7. The molecule has 0 aliphatic heterocycles. The second-order valence-electron chi connectivity index (χ2n) is 3.42. The van der Waals surface area contributed by atoms with E-state index in [0.29, 0.717) is 5.56 Å². The molecule has 8 heteroatoms. The zero-order valence-electron chi connectivity index (χ0n) is 8.42. The molecule has 0 aliphatic carbocycles. The Kier molecular flexibility index (Phi) is 4.16. The Morgan fingerprint density at radius 3 is 2.24 bits per heavy atom. The van der Waals surface area contributed by atoms with Gasteiger partial charge in [-0.3, -0.25) is 0 Å². The predicted molar refractivity (Wildman–Crippen MR) is 62.4 cm³/mol. The van der Waals surface area contributed by atoms with E-state index in [0.717, 1.165) is 6.07 Å². The topological polar surface area (TPSA) is 34.1 Å². The molecule has 17 heavy (non-hydrogen) atoms. The summed E-state index contributed by atoms with van der Waals surface area (Å²) >= 11 is 2.91. The molecule has 0 fully saturated rings. The van der Waals surface area contributed by atoms with E-state index in [1.54, 1.807) is 6.92 Å². The van der Waals surface area contributed by atoms with Crippen molar-refractivity contribution in [3.05, 3.63) is 33.8 Å². The van der Waals surface area contributed by atoms with E-state index < -0.39 is 26.0 Å². The van der Waals surface area contributed by atoms with Crippen LogP contribution in [0.2, 0.25) is 0 Å². The zero-order chi connectivity index (χ0) is 13.4. The summed E-state index contributed by atoms with van der Waals surface area (Å²) in [5.41, 5.74) is 0.284. The van der Waals surface area contributed by atoms with E-state index in [2.05, 4.69) is 15.9 Å². The molecule has 0 aliphatic rings. The van der Waals surface area contributed by atoms with Crippen LogP contribution in [0, 0.1) is 6.92 Å². The number of alkyl halides is 3. The van der Waals surface area contributed by atoms with Crippen LogP contribution in [0.4, 0.5) is 13.2 Å². The Balaban J connectivity index is 3.44. The molecule has 1 aromatic carbocycles. The number of hydrogen-bond donors (Lipinski definition) is 0. The molecule has 96 valence electrons. The van der Waals surface area contributed by atoms with Gasteiger partial charge in [0, 0.05) is 15.2 Å². The highest BCUT2D eigenvalue weighted by atomic mass is 79.9. The van der Waals surface area contributed by atoms with Crippen molar-refractivity contribution in [3.8, 4) is 0 Å². The third-order valence-electron chi connectivity index (χ3n) is 2.02. The zero-order valence-corrected chi connectivity index (χ0v) is 11.6. The molecule has 0 N–H and O–H groups in total. The fraction of sp³-hybridized carbons (Fsp3) is 0.333. The molecule has 0 aromatic heterocycles. The van der Waals surface area contributed by atoms with Gasteiger partial charge in [-0.2, -0.15) is 13.2 Å². The number of halogens is 5. The van der Waals surface area contributed by atoms with Crippen LogP contribution in [-0.4, -0.2) is 14.6 Å². The van der Waals surface area contributed by atoms with Gasteiger partial charge in [0.1, 0.15) is 0 Å². The highest BCUT2D eigenvalue weighted by Gasteiger charge is 2.49. The SMILES string of the molecule is Cc1ccc(C(C(F)(F)F)S(=O)(=O)Cl)c(Br)c1. The number of rotatable bonds is 2. The molecule has 0 amide bonds. The summed E-state index contributed by atoms with van der Waals surface area (Å²) in [4.78, 5) is 0. The summed E-state index contributed by atoms with van der Waals surface area (Å²) in [7, 11) is 0.0677. The average Bonchev–Trinajstić information content (AvgIpc) is 2.04. The standard InChI is InChI=1S/C9H7BrClF3O2S/c1-5-2-3-6(7(10)4-5)8(9(12,13)14)17(11,15)16/h2-4,8H,1H3. The second-order valence-corrected chi connectivity index (χ2v) is 6.99. The predicted octanol–water partition coefficient (Wildman–Crippen LogP) is 3.93. The van der Waals surface area contributed by atoms with E-state index in [1.165, 1.54) is 12.1 Å². The first-order chi connectivity index (χ1) is 7.53. The van der Waals surface area contributed by atoms with Gasteiger partial charge in [-0.15, -0.1) is 0 Å². The van der Waals surface area contributed by atoms with E-state index in [4.69, 9.17) is 10.7 Å². The molecule has 1 rings (SSSR count). The van der Waals surface area contributed by atoms with Gasteiger partial charge >= 0.3 is 6.18 Å². The van der Waals surface area contributed by atoms with E-state index in [9.17, 15) is 21.6 Å². The van der Waals surface area contributed by atoms with Crippen LogP contribution in [-0.2, 0) is 9.05 Å². The molecule has 0 spiro atoms. The maximum atomic E-state index is 12.7. The van der Waals surface area contributed by atoms with Crippen molar-refractivity contribution in [3.63, 3.8) is 0 Å². The molecule has 0 radical (unpaired) electrons. The van der Waals surface area contributed by atoms with Crippen molar-refractivity contribution in [1.29, 1.82) is 0 Å². The van der Waals surface area contributed by atoms with Crippen LogP contribution in [0.5, 0.6) is 0 Å². The van der Waals surface area contributed by atoms with E-state index in [-0.39, 0.29) is 4.47 Å². The van der Waals surface area contributed by atoms with Crippen molar-refractivity contribution >= 4 is 35.7 Å². The number of hydrogen-bond acceptors (Lipinski definition) is 2. The van der Waals surface area contributed by atoms with Gasteiger partial charge < -0.3 is 0 Å². The van der Waals surface area contributed by atoms with Gasteiger partial charge in [0.05, 0.1) is 0 Å². The smallest absolute Gasteiger partial charge is 0.211 e. The van der Waals surface area contributed by atoms with Gasteiger partial charge in [-0.05, 0) is 24.1 Å². The number of aryl methyl sites for hydroxylation is 1. The van der Waals surface area contributed by atoms with Crippen LogP contribution in [0.15, 0.2) is 22.7 Å². The van der Waals surface area contributed by atoms with Gasteiger partial charge in [0.15, 0.2) is 5.25 Å². The Labute approximate surface area is 109 Å². The van der Waals surface area contributed by atoms with Gasteiger partial charge in [-0.25, -0.2) is 8.42 Å². The molecule has 0 saturated carbocycles. The minimum atomic E-state index is -4.96. The molecular formula is C9H7BrClF3O2S. The lowest BCUT2D eigenvalue weighted by Gasteiger charge is -2.19. The van der Waals surface area contributed by atoms with Crippen molar-refractivity contribution in [1.82, 2.24) is 0 Å². The van der Waals surface area contributed by atoms with Crippen LogP contribution in [0.3, 0.4) is 0 Å². The molecular weight excluding hydrogens is 345 g/mol. The Bertz CT molecular complexity index is 528. The van der Waals surface area contributed by atoms with Crippen LogP contribution < -0.4 is 0 Å². The van der Waals surface area contributed by atoms with Crippen LogP contribution >= 0.6 is 26.6 Å². The van der Waals surface area contributed by atoms with Crippen LogP contribution in [0.1, 0.15) is 16.4 Å². The van der Waals surface area contributed by atoms with Crippen molar-refractivity contribution in [2.24, 2.45) is 0 Å². The van der Waals surface area contributed by atoms with Gasteiger partial charge in [0.25, 0.3) is 0 Å². The summed E-state index contributed by atoms with van der Waals surface area (Å²) in [6.07, 6.45) is -4.96. The molecule has 1 unspecified atom stereocenters. The lowest BCUT2D eigenvalue weighted by molar-refractivity contribution is -0.131. The Hall–Kier alpha value is -0.270. The third-order valence-corrected chi connectivity index (χ3v) is 4.32. The van der Waals surface area contributed by atoms with E-state index in [1.807, 2.05) is 0 Å². The fourth-order valence-corrected chi connectivity index (χ4v) is 3.63. The quantitative estimate of drug-likeness (QED) is 0.757. The van der Waals surface area contributed by atoms with Crippen molar-refractivity contribution < 1.29 is 21.6 Å². The first kappa shape index (κ1) is 14.8. The largest absolute Gasteiger partial charge is 0.410 e. The third kappa shape index (κ3) is 3.59. The lowest BCUT2D eigenvalue weighted by atomic mass is 10.1. The normalized spacial score (nSPS) is 14.7. The lowest BCUT2D eigenvalue weighted by Crippen LogP contribution is -2.26. The minimum absolute atomic E-state index is 0.0593. The molecule has 1 aromatic rings. The average molecular weight is 352 g/mol. The highest BCUT2D eigenvalue weighted by molar-refractivity contribution is 9.10. The summed E-state index contributed by atoms with van der Waals surface area (Å²) in [5.74, 6) is 0. The molecule has 1 atom stereocenters. The monoisotopic (exact) mass is 350 g/mol. The second kappa shape index (κ2) is 4.78. The Morgan fingerprint density at radius 2 is 1.88 bits per heavy atom. The van der Waals surface area contributed by atoms with Crippen molar-refractivity contribution in [2.75, 3.05) is 0 Å². The minimum Gasteiger partial charge on any atom is -0.211 e. The molecule has 0 heterocycles. The number of benzene rings is 1. The van der Waals surface area contributed by atoms with Gasteiger partial charge in [-0.1, -0.05) is 28.1 Å². The van der Waals surface area contributed by atoms with Crippen molar-refractivity contribution in [2.45, 2.75) is 18.3 Å².